The third-order valence-corrected chi connectivity index (χ3v) is 3.36. The molecule has 3 atom stereocenters. The maximum Gasteiger partial charge on any atom is 0.152 e. The molecule has 13 heavy (non-hydrogen) atoms. The van der Waals surface area contributed by atoms with Gasteiger partial charge in [-0.15, -0.1) is 0 Å². The van der Waals surface area contributed by atoms with Crippen LogP contribution in [0.3, 0.4) is 0 Å². The molecule has 1 nitrogen and oxygen atoms in total. The van der Waals surface area contributed by atoms with Crippen molar-refractivity contribution in [3.8, 4) is 0 Å². The summed E-state index contributed by atoms with van der Waals surface area (Å²) < 4.78 is 0. The Balaban J connectivity index is 2.03. The molecule has 0 aromatic carbocycles. The van der Waals surface area contributed by atoms with Crippen molar-refractivity contribution in [1.82, 2.24) is 0 Å². The number of hydrogen-bond donors (Lipinski definition) is 0. The first kappa shape index (κ1) is 8.74. The van der Waals surface area contributed by atoms with E-state index in [9.17, 15) is 4.79 Å². The SMILES string of the molecule is CC(=O)/C=C/C1CC2CC1C=C2C. The normalized spacial score (nSPS) is 37.1. The number of ketones is 1. The minimum Gasteiger partial charge on any atom is -0.295 e. The lowest BCUT2D eigenvalue weighted by molar-refractivity contribution is -0.112. The van der Waals surface area contributed by atoms with E-state index < -0.39 is 0 Å². The monoisotopic (exact) mass is 176 g/mol. The van der Waals surface area contributed by atoms with Gasteiger partial charge in [-0.2, -0.15) is 0 Å². The van der Waals surface area contributed by atoms with Gasteiger partial charge >= 0.3 is 0 Å². The van der Waals surface area contributed by atoms with Crippen LogP contribution in [-0.2, 0) is 4.79 Å². The Morgan fingerprint density at radius 1 is 1.54 bits per heavy atom. The van der Waals surface area contributed by atoms with Gasteiger partial charge in [-0.05, 0) is 50.5 Å². The Hall–Kier alpha value is -0.850. The van der Waals surface area contributed by atoms with E-state index in [-0.39, 0.29) is 5.78 Å². The highest BCUT2D eigenvalue weighted by molar-refractivity contribution is 5.87. The first-order chi connectivity index (χ1) is 6.16. The van der Waals surface area contributed by atoms with Crippen molar-refractivity contribution in [3.63, 3.8) is 0 Å². The number of carbonyl (C=O) groups is 1. The summed E-state index contributed by atoms with van der Waals surface area (Å²) in [5.41, 5.74) is 1.57. The molecule has 1 saturated carbocycles. The number of hydrogen-bond acceptors (Lipinski definition) is 1. The van der Waals surface area contributed by atoms with Crippen molar-refractivity contribution in [3.05, 3.63) is 23.8 Å². The molecule has 0 aromatic heterocycles. The molecular formula is C12H16O. The molecule has 70 valence electrons. The lowest BCUT2D eigenvalue weighted by Crippen LogP contribution is -2.05. The van der Waals surface area contributed by atoms with E-state index in [4.69, 9.17) is 0 Å². The lowest BCUT2D eigenvalue weighted by Gasteiger charge is -2.15. The summed E-state index contributed by atoms with van der Waals surface area (Å²) in [7, 11) is 0. The fraction of sp³-hybridized carbons (Fsp3) is 0.583. The van der Waals surface area contributed by atoms with Gasteiger partial charge in [-0.1, -0.05) is 17.7 Å². The van der Waals surface area contributed by atoms with Crippen molar-refractivity contribution < 1.29 is 4.79 Å². The summed E-state index contributed by atoms with van der Waals surface area (Å²) in [6.45, 7) is 3.85. The zero-order chi connectivity index (χ0) is 9.42. The zero-order valence-electron chi connectivity index (χ0n) is 8.29. The molecule has 2 rings (SSSR count). The van der Waals surface area contributed by atoms with Crippen LogP contribution in [0.25, 0.3) is 0 Å². The molecule has 0 amide bonds. The maximum atomic E-state index is 10.8. The van der Waals surface area contributed by atoms with Crippen LogP contribution in [0.1, 0.15) is 26.7 Å². The van der Waals surface area contributed by atoms with Gasteiger partial charge in [-0.25, -0.2) is 0 Å². The van der Waals surface area contributed by atoms with Crippen molar-refractivity contribution >= 4 is 5.78 Å². The average molecular weight is 176 g/mol. The molecule has 1 heteroatoms. The minimum absolute atomic E-state index is 0.170. The van der Waals surface area contributed by atoms with Crippen LogP contribution in [0.2, 0.25) is 0 Å². The van der Waals surface area contributed by atoms with Crippen LogP contribution < -0.4 is 0 Å². The van der Waals surface area contributed by atoms with Crippen molar-refractivity contribution in [2.45, 2.75) is 26.7 Å². The molecule has 0 aliphatic heterocycles. The molecule has 2 aliphatic carbocycles. The molecular weight excluding hydrogens is 160 g/mol. The van der Waals surface area contributed by atoms with Gasteiger partial charge in [-0.3, -0.25) is 4.79 Å². The minimum atomic E-state index is 0.170. The van der Waals surface area contributed by atoms with Gasteiger partial charge in [0, 0.05) is 0 Å². The Morgan fingerprint density at radius 2 is 2.31 bits per heavy atom. The Bertz CT molecular complexity index is 285. The Labute approximate surface area is 79.5 Å². The highest BCUT2D eigenvalue weighted by atomic mass is 16.1. The highest BCUT2D eigenvalue weighted by Gasteiger charge is 2.37. The molecule has 1 fully saturated rings. The molecule has 0 saturated heterocycles. The molecule has 0 aromatic rings. The van der Waals surface area contributed by atoms with Gasteiger partial charge in [0.15, 0.2) is 5.78 Å². The maximum absolute atomic E-state index is 10.8. The summed E-state index contributed by atoms with van der Waals surface area (Å²) in [6, 6.07) is 0. The highest BCUT2D eigenvalue weighted by Crippen LogP contribution is 2.47. The predicted molar refractivity (Wildman–Crippen MR) is 53.3 cm³/mol. The smallest absolute Gasteiger partial charge is 0.152 e. The number of fused-ring (bicyclic) bond motifs is 2. The van der Waals surface area contributed by atoms with E-state index in [0.717, 1.165) is 11.8 Å². The Morgan fingerprint density at radius 3 is 2.77 bits per heavy atom. The second kappa shape index (κ2) is 3.13. The largest absolute Gasteiger partial charge is 0.295 e. The molecule has 3 unspecified atom stereocenters. The van der Waals surface area contributed by atoms with Gasteiger partial charge in [0.05, 0.1) is 0 Å². The zero-order valence-corrected chi connectivity index (χ0v) is 8.29. The first-order valence-corrected chi connectivity index (χ1v) is 5.04. The van der Waals surface area contributed by atoms with Crippen molar-refractivity contribution in [1.29, 1.82) is 0 Å². The third-order valence-electron chi connectivity index (χ3n) is 3.36. The summed E-state index contributed by atoms with van der Waals surface area (Å²) in [5.74, 6) is 2.34. The predicted octanol–water partition coefficient (Wildman–Crippen LogP) is 2.73. The van der Waals surface area contributed by atoms with Crippen molar-refractivity contribution in [2.75, 3.05) is 0 Å². The first-order valence-electron chi connectivity index (χ1n) is 5.04. The van der Waals surface area contributed by atoms with Crippen LogP contribution in [-0.4, -0.2) is 5.78 Å². The van der Waals surface area contributed by atoms with Gasteiger partial charge in [0.25, 0.3) is 0 Å². The molecule has 2 bridgehead atoms. The number of carbonyl (C=O) groups excluding carboxylic acids is 1. The van der Waals surface area contributed by atoms with E-state index in [1.54, 1.807) is 18.6 Å². The van der Waals surface area contributed by atoms with Crippen LogP contribution >= 0.6 is 0 Å². The van der Waals surface area contributed by atoms with Crippen molar-refractivity contribution in [2.24, 2.45) is 17.8 Å². The van der Waals surface area contributed by atoms with E-state index in [1.165, 1.54) is 12.8 Å². The molecule has 0 heterocycles. The average Bonchev–Trinajstić information content (AvgIpc) is 2.58. The second-order valence-electron chi connectivity index (χ2n) is 4.38. The topological polar surface area (TPSA) is 17.1 Å². The Kier molecular flexibility index (Phi) is 2.10. The molecule has 0 spiro atoms. The quantitative estimate of drug-likeness (QED) is 0.467. The van der Waals surface area contributed by atoms with Crippen LogP contribution in [0, 0.1) is 17.8 Å². The number of allylic oxidation sites excluding steroid dienone is 4. The number of rotatable bonds is 2. The fourth-order valence-corrected chi connectivity index (χ4v) is 2.62. The summed E-state index contributed by atoms with van der Waals surface area (Å²) >= 11 is 0. The molecule has 2 aliphatic rings. The third kappa shape index (κ3) is 1.60. The van der Waals surface area contributed by atoms with E-state index in [1.807, 2.05) is 0 Å². The van der Waals surface area contributed by atoms with E-state index >= 15 is 0 Å². The molecule has 0 N–H and O–H groups in total. The van der Waals surface area contributed by atoms with E-state index in [2.05, 4.69) is 19.1 Å². The lowest BCUT2D eigenvalue weighted by atomic mass is 9.90. The summed E-state index contributed by atoms with van der Waals surface area (Å²) in [6.07, 6.45) is 8.81. The van der Waals surface area contributed by atoms with Crippen LogP contribution in [0.15, 0.2) is 23.8 Å². The van der Waals surface area contributed by atoms with Gasteiger partial charge < -0.3 is 0 Å². The molecule has 0 radical (unpaired) electrons. The second-order valence-corrected chi connectivity index (χ2v) is 4.38. The van der Waals surface area contributed by atoms with E-state index in [0.29, 0.717) is 5.92 Å². The fourth-order valence-electron chi connectivity index (χ4n) is 2.62. The van der Waals surface area contributed by atoms with Crippen LogP contribution in [0.4, 0.5) is 0 Å². The van der Waals surface area contributed by atoms with Crippen LogP contribution in [0.5, 0.6) is 0 Å². The summed E-state index contributed by atoms with van der Waals surface area (Å²) in [5, 5.41) is 0. The van der Waals surface area contributed by atoms with Gasteiger partial charge in [0.2, 0.25) is 0 Å². The summed E-state index contributed by atoms with van der Waals surface area (Å²) in [4.78, 5) is 10.8. The standard InChI is InChI=1S/C12H16O/c1-8-5-12-7-11(8)6-10(12)4-3-9(2)13/h3-5,10-12H,6-7H2,1-2H3/b4-3+. The van der Waals surface area contributed by atoms with Gasteiger partial charge in [0.1, 0.15) is 0 Å².